The van der Waals surface area contributed by atoms with Crippen LogP contribution in [-0.4, -0.2) is 22.2 Å². The van der Waals surface area contributed by atoms with Gasteiger partial charge in [-0.3, -0.25) is 0 Å². The Morgan fingerprint density at radius 2 is 1.96 bits per heavy atom. The van der Waals surface area contributed by atoms with Crippen molar-refractivity contribution >= 4 is 11.7 Å². The van der Waals surface area contributed by atoms with Gasteiger partial charge in [0.2, 0.25) is 11.7 Å². The van der Waals surface area contributed by atoms with E-state index in [0.717, 1.165) is 36.4 Å². The zero-order valence-electron chi connectivity index (χ0n) is 14.9. The Kier molecular flexibility index (Phi) is 5.68. The van der Waals surface area contributed by atoms with Crippen LogP contribution in [0.3, 0.4) is 0 Å². The van der Waals surface area contributed by atoms with Gasteiger partial charge in [-0.2, -0.15) is 4.98 Å². The minimum Gasteiger partial charge on any atom is -0.339 e. The molecule has 0 saturated heterocycles. The van der Waals surface area contributed by atoms with Crippen LogP contribution in [0.1, 0.15) is 64.2 Å². The summed E-state index contributed by atoms with van der Waals surface area (Å²) in [5.74, 6) is 1.77. The van der Waals surface area contributed by atoms with E-state index in [1.807, 2.05) is 38.1 Å². The van der Waals surface area contributed by atoms with Crippen molar-refractivity contribution in [3.05, 3.63) is 30.2 Å². The predicted octanol–water partition coefficient (Wildman–Crippen LogP) is 4.70. The molecule has 25 heavy (non-hydrogen) atoms. The molecule has 1 atom stereocenters. The second-order valence-corrected chi connectivity index (χ2v) is 6.78. The van der Waals surface area contributed by atoms with Crippen molar-refractivity contribution in [1.82, 2.24) is 15.5 Å². The van der Waals surface area contributed by atoms with Gasteiger partial charge in [-0.25, -0.2) is 4.79 Å². The smallest absolute Gasteiger partial charge is 0.319 e. The summed E-state index contributed by atoms with van der Waals surface area (Å²) in [6, 6.07) is 7.45. The lowest BCUT2D eigenvalue weighted by molar-refractivity contribution is 0.249. The van der Waals surface area contributed by atoms with E-state index in [4.69, 9.17) is 4.52 Å². The van der Waals surface area contributed by atoms with Gasteiger partial charge in [0.25, 0.3) is 0 Å². The van der Waals surface area contributed by atoms with Gasteiger partial charge >= 0.3 is 6.03 Å². The SMILES string of the molecule is CC[C@@H](C)NC(=O)Nc1ccc(-c2noc(C3CCCCC3)n2)cc1. The van der Waals surface area contributed by atoms with E-state index in [1.54, 1.807) is 0 Å². The number of carbonyl (C=O) groups excluding carboxylic acids is 1. The van der Waals surface area contributed by atoms with Crippen molar-refractivity contribution < 1.29 is 9.32 Å². The molecular weight excluding hydrogens is 316 g/mol. The van der Waals surface area contributed by atoms with Crippen LogP contribution in [-0.2, 0) is 0 Å². The number of amides is 2. The first kappa shape index (κ1) is 17.5. The summed E-state index contributed by atoms with van der Waals surface area (Å²) in [7, 11) is 0. The van der Waals surface area contributed by atoms with Gasteiger partial charge in [-0.1, -0.05) is 31.3 Å². The van der Waals surface area contributed by atoms with Crippen LogP contribution in [0.2, 0.25) is 0 Å². The average Bonchev–Trinajstić information content (AvgIpc) is 3.13. The molecule has 0 spiro atoms. The molecule has 0 bridgehead atoms. The molecule has 2 aromatic rings. The number of carbonyl (C=O) groups is 1. The maximum absolute atomic E-state index is 11.9. The van der Waals surface area contributed by atoms with E-state index in [1.165, 1.54) is 19.3 Å². The van der Waals surface area contributed by atoms with E-state index in [2.05, 4.69) is 20.8 Å². The lowest BCUT2D eigenvalue weighted by atomic mass is 9.89. The van der Waals surface area contributed by atoms with Gasteiger partial charge in [0.15, 0.2) is 0 Å². The monoisotopic (exact) mass is 342 g/mol. The topological polar surface area (TPSA) is 80.0 Å². The fourth-order valence-corrected chi connectivity index (χ4v) is 3.06. The molecule has 2 N–H and O–H groups in total. The summed E-state index contributed by atoms with van der Waals surface area (Å²) in [6.45, 7) is 4.01. The van der Waals surface area contributed by atoms with Crippen molar-refractivity contribution in [2.24, 2.45) is 0 Å². The summed E-state index contributed by atoms with van der Waals surface area (Å²) in [5, 5.41) is 9.82. The molecule has 1 aromatic heterocycles. The van der Waals surface area contributed by atoms with E-state index in [9.17, 15) is 4.79 Å². The standard InChI is InChI=1S/C19H26N4O2/c1-3-13(2)20-19(24)21-16-11-9-14(10-12-16)17-22-18(25-23-17)15-7-5-4-6-8-15/h9-13,15H,3-8H2,1-2H3,(H2,20,21,24)/t13-/m1/s1. The van der Waals surface area contributed by atoms with Crippen LogP contribution in [0.5, 0.6) is 0 Å². The number of hydrogen-bond donors (Lipinski definition) is 2. The number of nitrogens with one attached hydrogen (secondary N) is 2. The second kappa shape index (κ2) is 8.14. The number of anilines is 1. The lowest BCUT2D eigenvalue weighted by Gasteiger charge is -2.17. The third-order valence-electron chi connectivity index (χ3n) is 4.79. The molecule has 0 aliphatic heterocycles. The predicted molar refractivity (Wildman–Crippen MR) is 97.5 cm³/mol. The van der Waals surface area contributed by atoms with Crippen LogP contribution in [0, 0.1) is 0 Å². The summed E-state index contributed by atoms with van der Waals surface area (Å²) >= 11 is 0. The van der Waals surface area contributed by atoms with Gasteiger partial charge in [-0.05, 0) is 50.5 Å². The van der Waals surface area contributed by atoms with E-state index in [-0.39, 0.29) is 12.1 Å². The van der Waals surface area contributed by atoms with Gasteiger partial charge in [-0.15, -0.1) is 0 Å². The van der Waals surface area contributed by atoms with Gasteiger partial charge in [0.05, 0.1) is 0 Å². The van der Waals surface area contributed by atoms with Crippen molar-refractivity contribution in [3.63, 3.8) is 0 Å². The molecule has 1 saturated carbocycles. The number of hydrogen-bond acceptors (Lipinski definition) is 4. The van der Waals surface area contributed by atoms with Crippen molar-refractivity contribution in [3.8, 4) is 11.4 Å². The van der Waals surface area contributed by atoms with E-state index >= 15 is 0 Å². The maximum atomic E-state index is 11.9. The van der Waals surface area contributed by atoms with Crippen molar-refractivity contribution in [1.29, 1.82) is 0 Å². The van der Waals surface area contributed by atoms with Crippen LogP contribution in [0.15, 0.2) is 28.8 Å². The summed E-state index contributed by atoms with van der Waals surface area (Å²) in [4.78, 5) is 16.4. The normalized spacial score (nSPS) is 16.4. The molecule has 2 amide bonds. The molecule has 6 nitrogen and oxygen atoms in total. The minimum absolute atomic E-state index is 0.150. The van der Waals surface area contributed by atoms with Crippen LogP contribution in [0.25, 0.3) is 11.4 Å². The van der Waals surface area contributed by atoms with Crippen LogP contribution >= 0.6 is 0 Å². The van der Waals surface area contributed by atoms with Crippen LogP contribution in [0.4, 0.5) is 10.5 Å². The summed E-state index contributed by atoms with van der Waals surface area (Å²) < 4.78 is 5.47. The highest BCUT2D eigenvalue weighted by Crippen LogP contribution is 2.32. The third-order valence-corrected chi connectivity index (χ3v) is 4.79. The number of benzene rings is 1. The van der Waals surface area contributed by atoms with Crippen molar-refractivity contribution in [2.45, 2.75) is 64.3 Å². The quantitative estimate of drug-likeness (QED) is 0.825. The van der Waals surface area contributed by atoms with E-state index in [0.29, 0.717) is 11.7 Å². The summed E-state index contributed by atoms with van der Waals surface area (Å²) in [6.07, 6.45) is 6.94. The third kappa shape index (κ3) is 4.59. The Morgan fingerprint density at radius 3 is 2.64 bits per heavy atom. The molecule has 0 radical (unpaired) electrons. The number of aromatic nitrogens is 2. The molecule has 1 aliphatic carbocycles. The first-order chi connectivity index (χ1) is 12.2. The zero-order valence-corrected chi connectivity index (χ0v) is 14.9. The lowest BCUT2D eigenvalue weighted by Crippen LogP contribution is -2.35. The molecule has 6 heteroatoms. The Morgan fingerprint density at radius 1 is 1.24 bits per heavy atom. The first-order valence-electron chi connectivity index (χ1n) is 9.17. The fraction of sp³-hybridized carbons (Fsp3) is 0.526. The maximum Gasteiger partial charge on any atom is 0.319 e. The molecule has 1 fully saturated rings. The highest BCUT2D eigenvalue weighted by molar-refractivity contribution is 5.89. The Balaban J connectivity index is 1.62. The van der Waals surface area contributed by atoms with Gasteiger partial charge < -0.3 is 15.2 Å². The van der Waals surface area contributed by atoms with Gasteiger partial charge in [0, 0.05) is 23.2 Å². The number of nitrogens with zero attached hydrogens (tertiary/aromatic N) is 2. The number of urea groups is 1. The van der Waals surface area contributed by atoms with Crippen LogP contribution < -0.4 is 10.6 Å². The van der Waals surface area contributed by atoms with Crippen molar-refractivity contribution in [2.75, 3.05) is 5.32 Å². The molecule has 1 aromatic carbocycles. The highest BCUT2D eigenvalue weighted by Gasteiger charge is 2.21. The first-order valence-corrected chi connectivity index (χ1v) is 9.17. The Bertz CT molecular complexity index is 690. The molecular formula is C19H26N4O2. The number of rotatable bonds is 5. The average molecular weight is 342 g/mol. The largest absolute Gasteiger partial charge is 0.339 e. The molecule has 1 heterocycles. The zero-order chi connectivity index (χ0) is 17.6. The summed E-state index contributed by atoms with van der Waals surface area (Å²) in [5.41, 5.74) is 1.62. The molecule has 1 aliphatic rings. The molecule has 3 rings (SSSR count). The fourth-order valence-electron chi connectivity index (χ4n) is 3.06. The second-order valence-electron chi connectivity index (χ2n) is 6.78. The minimum atomic E-state index is -0.193. The van der Waals surface area contributed by atoms with Gasteiger partial charge in [0.1, 0.15) is 0 Å². The molecule has 0 unspecified atom stereocenters. The van der Waals surface area contributed by atoms with E-state index < -0.39 is 0 Å². The molecule has 134 valence electrons. The Hall–Kier alpha value is -2.37. The highest BCUT2D eigenvalue weighted by atomic mass is 16.5. The Labute approximate surface area is 148 Å².